The molecule has 6 N–H and O–H groups in total. The SMILES string of the molecule is CC(CC(C)C)=NNC(=O)c1cc2ccccc2cc1O.NNC(=O)c1cc2ccccc2cc1O. The highest BCUT2D eigenvalue weighted by Crippen LogP contribution is 2.25. The van der Waals surface area contributed by atoms with Gasteiger partial charge < -0.3 is 10.2 Å². The third kappa shape index (κ3) is 6.58. The van der Waals surface area contributed by atoms with Crippen LogP contribution in [0.3, 0.4) is 0 Å². The van der Waals surface area contributed by atoms with Gasteiger partial charge in [-0.3, -0.25) is 15.0 Å². The third-order valence-electron chi connectivity index (χ3n) is 5.40. The first-order valence-corrected chi connectivity index (χ1v) is 11.5. The highest BCUT2D eigenvalue weighted by Gasteiger charge is 2.12. The van der Waals surface area contributed by atoms with Crippen LogP contribution in [0, 0.1) is 5.92 Å². The number of nitrogen functional groups attached to an aromatic ring is 1. The maximum Gasteiger partial charge on any atom is 0.275 e. The van der Waals surface area contributed by atoms with E-state index in [0.717, 1.165) is 33.7 Å². The summed E-state index contributed by atoms with van der Waals surface area (Å²) >= 11 is 0. The molecular weight excluding hydrogens is 456 g/mol. The minimum atomic E-state index is -0.502. The van der Waals surface area contributed by atoms with Gasteiger partial charge in [-0.2, -0.15) is 5.10 Å². The van der Waals surface area contributed by atoms with Gasteiger partial charge in [0.25, 0.3) is 11.8 Å². The van der Waals surface area contributed by atoms with Gasteiger partial charge in [-0.05, 0) is 65.1 Å². The van der Waals surface area contributed by atoms with Crippen molar-refractivity contribution in [1.29, 1.82) is 0 Å². The normalized spacial score (nSPS) is 11.2. The average molecular weight is 487 g/mol. The van der Waals surface area contributed by atoms with Gasteiger partial charge in [0.15, 0.2) is 0 Å². The minimum Gasteiger partial charge on any atom is -0.507 e. The van der Waals surface area contributed by atoms with Crippen molar-refractivity contribution in [1.82, 2.24) is 10.9 Å². The topological polar surface area (TPSA) is 137 Å². The summed E-state index contributed by atoms with van der Waals surface area (Å²) in [5, 5.41) is 27.2. The molecule has 8 nitrogen and oxygen atoms in total. The molecule has 4 aromatic rings. The second kappa shape index (κ2) is 11.8. The number of nitrogens with one attached hydrogen (secondary N) is 2. The Kier molecular flexibility index (Phi) is 8.59. The lowest BCUT2D eigenvalue weighted by atomic mass is 10.1. The van der Waals surface area contributed by atoms with Crippen LogP contribution in [0.15, 0.2) is 77.9 Å². The predicted molar refractivity (Wildman–Crippen MR) is 143 cm³/mol. The van der Waals surface area contributed by atoms with Gasteiger partial charge in [0.2, 0.25) is 0 Å². The van der Waals surface area contributed by atoms with Crippen LogP contribution >= 0.6 is 0 Å². The lowest BCUT2D eigenvalue weighted by Gasteiger charge is -2.07. The molecule has 186 valence electrons. The Morgan fingerprint density at radius 3 is 1.64 bits per heavy atom. The van der Waals surface area contributed by atoms with E-state index in [9.17, 15) is 19.8 Å². The van der Waals surface area contributed by atoms with E-state index in [1.54, 1.807) is 24.3 Å². The van der Waals surface area contributed by atoms with Gasteiger partial charge >= 0.3 is 0 Å². The van der Waals surface area contributed by atoms with E-state index in [-0.39, 0.29) is 22.6 Å². The molecule has 0 spiro atoms. The lowest BCUT2D eigenvalue weighted by Crippen LogP contribution is -2.29. The number of rotatable bonds is 5. The number of nitrogens with zero attached hydrogens (tertiary/aromatic N) is 1. The van der Waals surface area contributed by atoms with Crippen LogP contribution in [0.1, 0.15) is 47.9 Å². The van der Waals surface area contributed by atoms with Crippen molar-refractivity contribution in [3.63, 3.8) is 0 Å². The quantitative estimate of drug-likeness (QED) is 0.119. The van der Waals surface area contributed by atoms with E-state index in [2.05, 4.69) is 24.4 Å². The first-order valence-electron chi connectivity index (χ1n) is 11.5. The molecule has 36 heavy (non-hydrogen) atoms. The molecule has 0 saturated carbocycles. The van der Waals surface area contributed by atoms with Crippen molar-refractivity contribution in [3.05, 3.63) is 83.9 Å². The number of aromatic hydroxyl groups is 2. The molecule has 0 aromatic heterocycles. The minimum absolute atomic E-state index is 0.0390. The van der Waals surface area contributed by atoms with Crippen molar-refractivity contribution < 1.29 is 19.8 Å². The number of phenols is 2. The molecule has 0 bridgehead atoms. The highest BCUT2D eigenvalue weighted by atomic mass is 16.3. The maximum atomic E-state index is 12.1. The van der Waals surface area contributed by atoms with Crippen LogP contribution in [0.5, 0.6) is 11.5 Å². The molecule has 0 radical (unpaired) electrons. The Labute approximate surface area is 209 Å². The zero-order valence-corrected chi connectivity index (χ0v) is 20.4. The van der Waals surface area contributed by atoms with Crippen molar-refractivity contribution in [2.75, 3.05) is 0 Å². The Balaban J connectivity index is 0.000000212. The van der Waals surface area contributed by atoms with Gasteiger partial charge in [0, 0.05) is 5.71 Å². The molecule has 8 heteroatoms. The Bertz CT molecular complexity index is 1430. The number of amides is 2. The average Bonchev–Trinajstić information content (AvgIpc) is 2.86. The zero-order valence-electron chi connectivity index (χ0n) is 20.4. The molecule has 0 atom stereocenters. The Morgan fingerprint density at radius 1 is 0.806 bits per heavy atom. The largest absolute Gasteiger partial charge is 0.507 e. The Morgan fingerprint density at radius 2 is 1.22 bits per heavy atom. The zero-order chi connectivity index (χ0) is 26.2. The summed E-state index contributed by atoms with van der Waals surface area (Å²) in [6.07, 6.45) is 0.823. The smallest absolute Gasteiger partial charge is 0.275 e. The van der Waals surface area contributed by atoms with Crippen LogP contribution in [0.4, 0.5) is 0 Å². The summed E-state index contributed by atoms with van der Waals surface area (Å²) in [6, 6.07) is 21.4. The summed E-state index contributed by atoms with van der Waals surface area (Å²) < 4.78 is 0. The monoisotopic (exact) mass is 486 g/mol. The number of hydrogen-bond donors (Lipinski definition) is 5. The number of fused-ring (bicyclic) bond motifs is 2. The van der Waals surface area contributed by atoms with Gasteiger partial charge in [0.1, 0.15) is 11.5 Å². The van der Waals surface area contributed by atoms with Crippen molar-refractivity contribution >= 4 is 39.1 Å². The number of carbonyl (C=O) groups is 2. The molecule has 0 saturated heterocycles. The van der Waals surface area contributed by atoms with Crippen LogP contribution in [-0.2, 0) is 0 Å². The molecule has 4 aromatic carbocycles. The maximum absolute atomic E-state index is 12.1. The fourth-order valence-electron chi connectivity index (χ4n) is 3.74. The molecule has 0 aliphatic carbocycles. The molecule has 4 rings (SSSR count). The first kappa shape index (κ1) is 26.2. The number of hydrogen-bond acceptors (Lipinski definition) is 6. The second-order valence-corrected chi connectivity index (χ2v) is 8.79. The number of hydrazine groups is 1. The van der Waals surface area contributed by atoms with Crippen molar-refractivity contribution in [2.45, 2.75) is 27.2 Å². The van der Waals surface area contributed by atoms with Crippen molar-refractivity contribution in [2.24, 2.45) is 16.9 Å². The summed E-state index contributed by atoms with van der Waals surface area (Å²) in [5.74, 6) is 4.48. The summed E-state index contributed by atoms with van der Waals surface area (Å²) in [4.78, 5) is 23.4. The standard InChI is InChI=1S/C17H20N2O2.C11H10N2O2/c1-11(2)8-12(3)18-19-17(21)15-9-13-6-4-5-7-14(13)10-16(15)20;12-13-11(15)9-5-7-3-1-2-4-8(7)6-10(9)14/h4-7,9-11,20H,8H2,1-3H3,(H,19,21);1-6,14H,12H2,(H,13,15). The van der Waals surface area contributed by atoms with Crippen LogP contribution in [0.2, 0.25) is 0 Å². The molecule has 0 unspecified atom stereocenters. The molecule has 2 amide bonds. The number of benzene rings is 4. The van der Waals surface area contributed by atoms with E-state index < -0.39 is 11.8 Å². The van der Waals surface area contributed by atoms with Crippen LogP contribution < -0.4 is 16.7 Å². The number of hydrazone groups is 1. The van der Waals surface area contributed by atoms with E-state index in [0.29, 0.717) is 5.92 Å². The lowest BCUT2D eigenvalue weighted by molar-refractivity contribution is 0.0943. The number of carbonyl (C=O) groups excluding carboxylic acids is 2. The van der Waals surface area contributed by atoms with E-state index >= 15 is 0 Å². The predicted octanol–water partition coefficient (Wildman–Crippen LogP) is 4.85. The fraction of sp³-hybridized carbons (Fsp3) is 0.179. The molecule has 0 aliphatic rings. The van der Waals surface area contributed by atoms with Gasteiger partial charge in [-0.1, -0.05) is 62.4 Å². The summed E-state index contributed by atoms with van der Waals surface area (Å²) in [7, 11) is 0. The molecule has 0 fully saturated rings. The number of nitrogens with two attached hydrogens (primary N) is 1. The highest BCUT2D eigenvalue weighted by molar-refractivity contribution is 6.02. The second-order valence-electron chi connectivity index (χ2n) is 8.79. The summed E-state index contributed by atoms with van der Waals surface area (Å²) in [6.45, 7) is 6.06. The molecular formula is C28H30N4O4. The third-order valence-corrected chi connectivity index (χ3v) is 5.40. The first-order chi connectivity index (χ1) is 17.2. The number of phenolic OH excluding ortho intramolecular Hbond substituents is 2. The van der Waals surface area contributed by atoms with Crippen LogP contribution in [-0.4, -0.2) is 27.7 Å². The molecule has 0 aliphatic heterocycles. The van der Waals surface area contributed by atoms with Gasteiger partial charge in [0.05, 0.1) is 11.1 Å². The summed E-state index contributed by atoms with van der Waals surface area (Å²) in [5.41, 5.74) is 5.75. The van der Waals surface area contributed by atoms with E-state index in [4.69, 9.17) is 5.84 Å². The van der Waals surface area contributed by atoms with Crippen LogP contribution in [0.25, 0.3) is 21.5 Å². The van der Waals surface area contributed by atoms with Crippen molar-refractivity contribution in [3.8, 4) is 11.5 Å². The van der Waals surface area contributed by atoms with E-state index in [1.807, 2.05) is 60.9 Å². The molecule has 0 heterocycles. The van der Waals surface area contributed by atoms with E-state index in [1.165, 1.54) is 0 Å². The van der Waals surface area contributed by atoms with Gasteiger partial charge in [-0.15, -0.1) is 0 Å². The Hall–Kier alpha value is -4.43. The fourth-order valence-corrected chi connectivity index (χ4v) is 3.74. The van der Waals surface area contributed by atoms with Gasteiger partial charge in [-0.25, -0.2) is 11.3 Å².